The number of thiazole rings is 1. The third-order valence-electron chi connectivity index (χ3n) is 3.01. The van der Waals surface area contributed by atoms with Gasteiger partial charge in [0.25, 0.3) is 0 Å². The number of halogens is 1. The summed E-state index contributed by atoms with van der Waals surface area (Å²) in [5.41, 5.74) is 6.66. The third kappa shape index (κ3) is 2.25. The number of aromatic nitrogens is 1. The van der Waals surface area contributed by atoms with Crippen molar-refractivity contribution in [2.75, 3.05) is 6.54 Å². The lowest BCUT2D eigenvalue weighted by Gasteiger charge is -2.08. The van der Waals surface area contributed by atoms with E-state index in [1.165, 1.54) is 4.70 Å². The lowest BCUT2D eigenvalue weighted by molar-refractivity contribution is 0.0498. The zero-order chi connectivity index (χ0) is 11.8. The van der Waals surface area contributed by atoms with Crippen LogP contribution in [-0.2, 0) is 4.74 Å². The van der Waals surface area contributed by atoms with Gasteiger partial charge in [0.15, 0.2) is 0 Å². The van der Waals surface area contributed by atoms with Gasteiger partial charge in [0, 0.05) is 11.0 Å². The molecule has 1 aliphatic heterocycles. The van der Waals surface area contributed by atoms with Crippen LogP contribution in [0.3, 0.4) is 0 Å². The summed E-state index contributed by atoms with van der Waals surface area (Å²) < 4.78 is 8.14. The number of rotatable bonds is 2. The Morgan fingerprint density at radius 1 is 1.47 bits per heavy atom. The molecule has 0 amide bonds. The molecule has 2 aromatic rings. The van der Waals surface area contributed by atoms with Gasteiger partial charge < -0.3 is 10.5 Å². The van der Waals surface area contributed by atoms with E-state index in [1.54, 1.807) is 11.3 Å². The Balaban J connectivity index is 1.91. The van der Waals surface area contributed by atoms with E-state index in [4.69, 9.17) is 10.5 Å². The number of hydrogen-bond acceptors (Lipinski definition) is 4. The van der Waals surface area contributed by atoms with Gasteiger partial charge in [-0.2, -0.15) is 0 Å². The second-order valence-electron chi connectivity index (χ2n) is 4.22. The normalized spacial score (nSPS) is 24.6. The molecule has 2 N–H and O–H groups in total. The van der Waals surface area contributed by atoms with Crippen LogP contribution in [0, 0.1) is 0 Å². The summed E-state index contributed by atoms with van der Waals surface area (Å²) in [5.74, 6) is 0. The fraction of sp³-hybridized carbons (Fsp3) is 0.417. The van der Waals surface area contributed by atoms with Gasteiger partial charge >= 0.3 is 0 Å². The van der Waals surface area contributed by atoms with Crippen molar-refractivity contribution in [3.8, 4) is 0 Å². The van der Waals surface area contributed by atoms with Gasteiger partial charge in [0.1, 0.15) is 11.1 Å². The van der Waals surface area contributed by atoms with E-state index in [1.807, 2.05) is 12.1 Å². The number of ether oxygens (including phenoxy) is 1. The molecule has 0 spiro atoms. The summed E-state index contributed by atoms with van der Waals surface area (Å²) in [5, 5.41) is 1.08. The lowest BCUT2D eigenvalue weighted by Crippen LogP contribution is -2.18. The third-order valence-corrected chi connectivity index (χ3v) is 4.63. The fourth-order valence-corrected chi connectivity index (χ4v) is 3.49. The van der Waals surface area contributed by atoms with E-state index in [-0.39, 0.29) is 12.2 Å². The monoisotopic (exact) mass is 312 g/mol. The standard InChI is InChI=1S/C12H13BrN2OS/c13-7-1-4-11-9(5-7)15-12(17-11)10-3-2-8(6-14)16-10/h1,4-5,8,10H,2-3,6,14H2. The minimum atomic E-state index is 0.139. The quantitative estimate of drug-likeness (QED) is 0.926. The van der Waals surface area contributed by atoms with E-state index < -0.39 is 0 Å². The van der Waals surface area contributed by atoms with Crippen molar-refractivity contribution in [2.45, 2.75) is 25.0 Å². The van der Waals surface area contributed by atoms with Crippen LogP contribution in [0.15, 0.2) is 22.7 Å². The van der Waals surface area contributed by atoms with Crippen LogP contribution in [0.2, 0.25) is 0 Å². The average Bonchev–Trinajstić information content (AvgIpc) is 2.93. The number of benzene rings is 1. The molecule has 1 aromatic heterocycles. The van der Waals surface area contributed by atoms with Crippen molar-refractivity contribution in [1.82, 2.24) is 4.98 Å². The van der Waals surface area contributed by atoms with Crippen LogP contribution < -0.4 is 5.73 Å². The summed E-state index contributed by atoms with van der Waals surface area (Å²) >= 11 is 5.18. The van der Waals surface area contributed by atoms with Crippen LogP contribution >= 0.6 is 27.3 Å². The molecule has 2 heterocycles. The summed E-state index contributed by atoms with van der Waals surface area (Å²) in [6.45, 7) is 0.604. The zero-order valence-corrected chi connectivity index (χ0v) is 11.6. The Labute approximate surface area is 112 Å². The molecule has 3 rings (SSSR count). The molecule has 1 aliphatic rings. The number of fused-ring (bicyclic) bond motifs is 1. The highest BCUT2D eigenvalue weighted by atomic mass is 79.9. The van der Waals surface area contributed by atoms with Gasteiger partial charge in [-0.05, 0) is 31.0 Å². The smallest absolute Gasteiger partial charge is 0.123 e. The van der Waals surface area contributed by atoms with Crippen LogP contribution in [0.5, 0.6) is 0 Å². The highest BCUT2D eigenvalue weighted by Gasteiger charge is 2.27. The van der Waals surface area contributed by atoms with E-state index in [0.717, 1.165) is 27.8 Å². The van der Waals surface area contributed by atoms with Crippen molar-refractivity contribution in [2.24, 2.45) is 5.73 Å². The maximum Gasteiger partial charge on any atom is 0.123 e. The average molecular weight is 313 g/mol. The van der Waals surface area contributed by atoms with E-state index in [0.29, 0.717) is 6.54 Å². The van der Waals surface area contributed by atoms with E-state index in [9.17, 15) is 0 Å². The van der Waals surface area contributed by atoms with Crippen molar-refractivity contribution in [3.05, 3.63) is 27.7 Å². The summed E-state index contributed by atoms with van der Waals surface area (Å²) in [6, 6.07) is 6.18. The highest BCUT2D eigenvalue weighted by molar-refractivity contribution is 9.10. The van der Waals surface area contributed by atoms with Crippen LogP contribution in [-0.4, -0.2) is 17.6 Å². The molecule has 1 aromatic carbocycles. The van der Waals surface area contributed by atoms with Gasteiger partial charge in [-0.25, -0.2) is 4.98 Å². The Kier molecular flexibility index (Phi) is 3.17. The first-order valence-corrected chi connectivity index (χ1v) is 7.29. The van der Waals surface area contributed by atoms with Crippen LogP contribution in [0.25, 0.3) is 10.2 Å². The molecular weight excluding hydrogens is 300 g/mol. The van der Waals surface area contributed by atoms with E-state index in [2.05, 4.69) is 27.0 Å². The molecule has 17 heavy (non-hydrogen) atoms. The molecule has 90 valence electrons. The zero-order valence-electron chi connectivity index (χ0n) is 9.23. The Hall–Kier alpha value is -0.490. The predicted octanol–water partition coefficient (Wildman–Crippen LogP) is 3.24. The van der Waals surface area contributed by atoms with E-state index >= 15 is 0 Å². The number of nitrogens with two attached hydrogens (primary N) is 1. The maximum absolute atomic E-state index is 5.87. The molecule has 2 unspecified atom stereocenters. The van der Waals surface area contributed by atoms with Crippen molar-refractivity contribution < 1.29 is 4.74 Å². The maximum atomic E-state index is 5.87. The molecule has 1 fully saturated rings. The number of hydrogen-bond donors (Lipinski definition) is 1. The summed E-state index contributed by atoms with van der Waals surface area (Å²) in [7, 11) is 0. The minimum Gasteiger partial charge on any atom is -0.366 e. The Morgan fingerprint density at radius 2 is 2.35 bits per heavy atom. The van der Waals surface area contributed by atoms with Gasteiger partial charge in [-0.15, -0.1) is 11.3 Å². The van der Waals surface area contributed by atoms with Crippen molar-refractivity contribution in [3.63, 3.8) is 0 Å². The summed E-state index contributed by atoms with van der Waals surface area (Å²) in [6.07, 6.45) is 2.42. The van der Waals surface area contributed by atoms with Gasteiger partial charge in [-0.1, -0.05) is 15.9 Å². The molecule has 3 nitrogen and oxygen atoms in total. The molecule has 0 aliphatic carbocycles. The van der Waals surface area contributed by atoms with Crippen molar-refractivity contribution in [1.29, 1.82) is 0 Å². The van der Waals surface area contributed by atoms with Gasteiger partial charge in [0.05, 0.1) is 16.3 Å². The first-order chi connectivity index (χ1) is 8.26. The first-order valence-electron chi connectivity index (χ1n) is 5.68. The minimum absolute atomic E-state index is 0.139. The molecule has 0 radical (unpaired) electrons. The summed E-state index contributed by atoms with van der Waals surface area (Å²) in [4.78, 5) is 4.65. The lowest BCUT2D eigenvalue weighted by atomic mass is 10.2. The second kappa shape index (κ2) is 4.65. The second-order valence-corrected chi connectivity index (χ2v) is 6.20. The Bertz CT molecular complexity index is 542. The van der Waals surface area contributed by atoms with Crippen molar-refractivity contribution >= 4 is 37.5 Å². The number of nitrogens with zero attached hydrogens (tertiary/aromatic N) is 1. The van der Waals surface area contributed by atoms with Gasteiger partial charge in [-0.3, -0.25) is 0 Å². The first kappa shape index (κ1) is 11.6. The SMILES string of the molecule is NCC1CCC(c2nc3cc(Br)ccc3s2)O1. The predicted molar refractivity (Wildman–Crippen MR) is 73.2 cm³/mol. The highest BCUT2D eigenvalue weighted by Crippen LogP contribution is 2.37. The van der Waals surface area contributed by atoms with Crippen LogP contribution in [0.4, 0.5) is 0 Å². The topological polar surface area (TPSA) is 48.1 Å². The molecule has 5 heteroatoms. The molecule has 1 saturated heterocycles. The molecular formula is C12H13BrN2OS. The Morgan fingerprint density at radius 3 is 3.12 bits per heavy atom. The fourth-order valence-electron chi connectivity index (χ4n) is 2.12. The molecule has 2 atom stereocenters. The molecule has 0 bridgehead atoms. The van der Waals surface area contributed by atoms with Crippen LogP contribution in [0.1, 0.15) is 24.0 Å². The van der Waals surface area contributed by atoms with Gasteiger partial charge in [0.2, 0.25) is 0 Å². The molecule has 0 saturated carbocycles. The largest absolute Gasteiger partial charge is 0.366 e.